The number of nitrogens with two attached hydrogens (primary N) is 1. The highest BCUT2D eigenvalue weighted by Crippen LogP contribution is 2.22. The first kappa shape index (κ1) is 14.2. The number of nitriles is 1. The highest BCUT2D eigenvalue weighted by atomic mass is 32.2. The molecule has 0 bridgehead atoms. The van der Waals surface area contributed by atoms with Crippen molar-refractivity contribution in [3.8, 4) is 6.07 Å². The van der Waals surface area contributed by atoms with E-state index >= 15 is 0 Å². The Balaban J connectivity index is 2.00. The van der Waals surface area contributed by atoms with Crippen LogP contribution in [0.25, 0.3) is 0 Å². The van der Waals surface area contributed by atoms with E-state index in [-0.39, 0.29) is 17.3 Å². The van der Waals surface area contributed by atoms with Gasteiger partial charge in [0.15, 0.2) is 10.3 Å². The largest absolute Gasteiger partial charge is 0.382 e. The summed E-state index contributed by atoms with van der Waals surface area (Å²) < 4.78 is 0. The second-order valence-corrected chi connectivity index (χ2v) is 5.85. The van der Waals surface area contributed by atoms with Gasteiger partial charge in [0.1, 0.15) is 17.5 Å². The van der Waals surface area contributed by atoms with E-state index in [4.69, 9.17) is 11.0 Å². The van der Waals surface area contributed by atoms with Crippen LogP contribution in [0.4, 0.5) is 10.9 Å². The van der Waals surface area contributed by atoms with Gasteiger partial charge in [0.2, 0.25) is 5.91 Å². The van der Waals surface area contributed by atoms with Crippen LogP contribution >= 0.6 is 23.1 Å². The molecular formula is C11H10N6OS2. The summed E-state index contributed by atoms with van der Waals surface area (Å²) >= 11 is 2.50. The number of amides is 1. The Labute approximate surface area is 123 Å². The van der Waals surface area contributed by atoms with E-state index in [9.17, 15) is 4.79 Å². The van der Waals surface area contributed by atoms with Gasteiger partial charge in [-0.2, -0.15) is 5.26 Å². The Bertz CT molecular complexity index is 651. The number of thioether (sulfide) groups is 1. The van der Waals surface area contributed by atoms with Crippen LogP contribution in [0, 0.1) is 11.3 Å². The molecule has 20 heavy (non-hydrogen) atoms. The number of nitrogens with zero attached hydrogens (tertiary/aromatic N) is 4. The Morgan fingerprint density at radius 1 is 1.60 bits per heavy atom. The molecule has 2 rings (SSSR count). The highest BCUT2D eigenvalue weighted by Gasteiger charge is 2.17. The van der Waals surface area contributed by atoms with Gasteiger partial charge in [-0.05, 0) is 6.92 Å². The number of carbonyl (C=O) groups excluding carboxylic acids is 1. The minimum absolute atomic E-state index is 0.109. The fraction of sp³-hybridized carbons (Fsp3) is 0.182. The minimum Gasteiger partial charge on any atom is -0.382 e. The topological polar surface area (TPSA) is 118 Å². The fourth-order valence-corrected chi connectivity index (χ4v) is 2.50. The predicted octanol–water partition coefficient (Wildman–Crippen LogP) is 1.51. The third kappa shape index (κ3) is 3.43. The van der Waals surface area contributed by atoms with Crippen molar-refractivity contribution < 1.29 is 4.79 Å². The summed E-state index contributed by atoms with van der Waals surface area (Å²) in [7, 11) is 0. The summed E-state index contributed by atoms with van der Waals surface area (Å²) in [5.74, 6) is -0.0889. The highest BCUT2D eigenvalue weighted by molar-refractivity contribution is 8.00. The van der Waals surface area contributed by atoms with Crippen LogP contribution in [0.15, 0.2) is 22.9 Å². The third-order valence-corrected chi connectivity index (χ3v) is 3.89. The monoisotopic (exact) mass is 306 g/mol. The minimum atomic E-state index is -0.411. The lowest BCUT2D eigenvalue weighted by Crippen LogP contribution is -2.22. The molecular weight excluding hydrogens is 296 g/mol. The molecule has 7 nitrogen and oxygen atoms in total. The molecule has 2 heterocycles. The molecule has 102 valence electrons. The van der Waals surface area contributed by atoms with Gasteiger partial charge in [-0.25, -0.2) is 15.0 Å². The molecule has 0 fully saturated rings. The Morgan fingerprint density at radius 3 is 3.00 bits per heavy atom. The van der Waals surface area contributed by atoms with Gasteiger partial charge in [0.05, 0.1) is 11.4 Å². The molecule has 0 aliphatic rings. The van der Waals surface area contributed by atoms with E-state index < -0.39 is 5.25 Å². The molecule has 0 spiro atoms. The summed E-state index contributed by atoms with van der Waals surface area (Å²) in [6, 6.07) is 1.88. The first-order chi connectivity index (χ1) is 9.60. The zero-order valence-electron chi connectivity index (χ0n) is 10.4. The Kier molecular flexibility index (Phi) is 4.49. The molecule has 3 N–H and O–H groups in total. The van der Waals surface area contributed by atoms with Crippen molar-refractivity contribution in [2.24, 2.45) is 0 Å². The van der Waals surface area contributed by atoms with E-state index in [2.05, 4.69) is 20.3 Å². The number of anilines is 2. The number of carbonyl (C=O) groups is 1. The maximum absolute atomic E-state index is 11.9. The van der Waals surface area contributed by atoms with E-state index in [1.165, 1.54) is 17.5 Å². The number of rotatable bonds is 4. The molecule has 2 aromatic heterocycles. The van der Waals surface area contributed by atoms with Crippen LogP contribution in [0.5, 0.6) is 0 Å². The van der Waals surface area contributed by atoms with Gasteiger partial charge < -0.3 is 11.1 Å². The average molecular weight is 306 g/mol. The molecule has 9 heteroatoms. The first-order valence-corrected chi connectivity index (χ1v) is 7.25. The summed E-state index contributed by atoms with van der Waals surface area (Å²) in [6.45, 7) is 1.73. The standard InChI is InChI=1S/C11H10N6OS2/c1-6(9(18)17-10-14-2-3-19-10)20-11-15-5-7(4-12)8(13)16-11/h2-3,5-6H,1H3,(H2,13,15,16)(H,14,17,18). The quantitative estimate of drug-likeness (QED) is 0.649. The van der Waals surface area contributed by atoms with E-state index in [0.29, 0.717) is 10.3 Å². The molecule has 0 aliphatic heterocycles. The maximum atomic E-state index is 11.9. The zero-order chi connectivity index (χ0) is 14.5. The van der Waals surface area contributed by atoms with Crippen LogP contribution < -0.4 is 11.1 Å². The number of nitrogen functional groups attached to an aromatic ring is 1. The maximum Gasteiger partial charge on any atom is 0.239 e. The van der Waals surface area contributed by atoms with Crippen LogP contribution in [0.3, 0.4) is 0 Å². The lowest BCUT2D eigenvalue weighted by atomic mass is 10.3. The number of thiazole rings is 1. The molecule has 0 saturated heterocycles. The van der Waals surface area contributed by atoms with Crippen molar-refractivity contribution in [3.05, 3.63) is 23.3 Å². The lowest BCUT2D eigenvalue weighted by molar-refractivity contribution is -0.115. The summed E-state index contributed by atoms with van der Waals surface area (Å²) in [4.78, 5) is 23.9. The van der Waals surface area contributed by atoms with Crippen LogP contribution in [0.2, 0.25) is 0 Å². The number of aromatic nitrogens is 3. The second-order valence-electron chi connectivity index (χ2n) is 3.65. The lowest BCUT2D eigenvalue weighted by Gasteiger charge is -2.09. The van der Waals surface area contributed by atoms with Gasteiger partial charge in [0.25, 0.3) is 0 Å². The van der Waals surface area contributed by atoms with Crippen molar-refractivity contribution in [2.45, 2.75) is 17.3 Å². The van der Waals surface area contributed by atoms with E-state index in [1.54, 1.807) is 18.5 Å². The Morgan fingerprint density at radius 2 is 2.40 bits per heavy atom. The number of hydrogen-bond acceptors (Lipinski definition) is 8. The van der Waals surface area contributed by atoms with Gasteiger partial charge >= 0.3 is 0 Å². The van der Waals surface area contributed by atoms with Crippen molar-refractivity contribution in [1.29, 1.82) is 5.26 Å². The number of hydrogen-bond donors (Lipinski definition) is 2. The van der Waals surface area contributed by atoms with Crippen LogP contribution in [-0.2, 0) is 4.79 Å². The predicted molar refractivity (Wildman–Crippen MR) is 77.2 cm³/mol. The molecule has 0 radical (unpaired) electrons. The number of nitrogens with one attached hydrogen (secondary N) is 1. The third-order valence-electron chi connectivity index (χ3n) is 2.23. The van der Waals surface area contributed by atoms with Crippen molar-refractivity contribution in [1.82, 2.24) is 15.0 Å². The fourth-order valence-electron chi connectivity index (χ4n) is 1.22. The van der Waals surface area contributed by atoms with Gasteiger partial charge in [-0.1, -0.05) is 11.8 Å². The molecule has 0 saturated carbocycles. The zero-order valence-corrected chi connectivity index (χ0v) is 12.0. The Hall–Kier alpha value is -2.18. The van der Waals surface area contributed by atoms with Crippen LogP contribution in [-0.4, -0.2) is 26.1 Å². The van der Waals surface area contributed by atoms with E-state index in [0.717, 1.165) is 11.8 Å². The molecule has 1 atom stereocenters. The summed E-state index contributed by atoms with van der Waals surface area (Å²) in [5, 5.41) is 13.7. The first-order valence-electron chi connectivity index (χ1n) is 5.49. The molecule has 0 aromatic carbocycles. The molecule has 1 amide bonds. The van der Waals surface area contributed by atoms with Crippen molar-refractivity contribution in [3.63, 3.8) is 0 Å². The van der Waals surface area contributed by atoms with Gasteiger partial charge in [-0.3, -0.25) is 4.79 Å². The van der Waals surface area contributed by atoms with Crippen LogP contribution in [0.1, 0.15) is 12.5 Å². The summed E-state index contributed by atoms with van der Waals surface area (Å²) in [5.41, 5.74) is 5.81. The van der Waals surface area contributed by atoms with E-state index in [1.807, 2.05) is 6.07 Å². The summed E-state index contributed by atoms with van der Waals surface area (Å²) in [6.07, 6.45) is 2.96. The van der Waals surface area contributed by atoms with Crippen molar-refractivity contribution >= 4 is 40.0 Å². The molecule has 1 unspecified atom stereocenters. The second kappa shape index (κ2) is 6.31. The molecule has 0 aliphatic carbocycles. The van der Waals surface area contributed by atoms with Crippen molar-refractivity contribution in [2.75, 3.05) is 11.1 Å². The SMILES string of the molecule is CC(Sc1ncc(C#N)c(N)n1)C(=O)Nc1nccs1. The smallest absolute Gasteiger partial charge is 0.239 e. The normalized spacial score (nSPS) is 11.6. The van der Waals surface area contributed by atoms with Gasteiger partial charge in [-0.15, -0.1) is 11.3 Å². The van der Waals surface area contributed by atoms with Gasteiger partial charge in [0, 0.05) is 11.6 Å². The average Bonchev–Trinajstić information content (AvgIpc) is 2.91. The molecule has 2 aromatic rings.